The second-order valence-corrected chi connectivity index (χ2v) is 5.78. The summed E-state index contributed by atoms with van der Waals surface area (Å²) in [6.07, 6.45) is 0. The van der Waals surface area contributed by atoms with E-state index in [2.05, 4.69) is 27.4 Å². The molecule has 1 atom stereocenters. The van der Waals surface area contributed by atoms with Gasteiger partial charge in [0.2, 0.25) is 0 Å². The molecule has 0 radical (unpaired) electrons. The normalized spacial score (nSPS) is 11.9. The number of benzene rings is 1. The van der Waals surface area contributed by atoms with Gasteiger partial charge < -0.3 is 9.47 Å². The van der Waals surface area contributed by atoms with Crippen molar-refractivity contribution in [2.75, 3.05) is 13.2 Å². The molecule has 0 heterocycles. The zero-order valence-corrected chi connectivity index (χ0v) is 13.7. The van der Waals surface area contributed by atoms with Crippen LogP contribution in [0.25, 0.3) is 0 Å². The summed E-state index contributed by atoms with van der Waals surface area (Å²) in [7, 11) is 0. The molecule has 0 saturated carbocycles. The van der Waals surface area contributed by atoms with E-state index < -0.39 is 5.97 Å². The standard InChI is InChI=1S/C18H24O4/c1-12(2)13(3)10-21-14(4)11-22-18(20)17-8-6-7-16(9-17)15(5)19/h6-9,12-13H,4,10-11H2,1-3,5H3. The number of Topliss-reactive ketones (excluding diaryl/α,β-unsaturated/α-hetero) is 1. The summed E-state index contributed by atoms with van der Waals surface area (Å²) in [5.41, 5.74) is 0.825. The first kappa shape index (κ1) is 18.0. The van der Waals surface area contributed by atoms with E-state index in [-0.39, 0.29) is 12.4 Å². The number of carbonyl (C=O) groups is 2. The van der Waals surface area contributed by atoms with Gasteiger partial charge in [0.25, 0.3) is 0 Å². The molecule has 0 N–H and O–H groups in total. The van der Waals surface area contributed by atoms with E-state index in [1.807, 2.05) is 0 Å². The Bertz CT molecular complexity index is 546. The number of hydrogen-bond acceptors (Lipinski definition) is 4. The van der Waals surface area contributed by atoms with Crippen molar-refractivity contribution in [1.29, 1.82) is 0 Å². The molecule has 1 unspecified atom stereocenters. The topological polar surface area (TPSA) is 52.6 Å². The number of ketones is 1. The summed E-state index contributed by atoms with van der Waals surface area (Å²) >= 11 is 0. The lowest BCUT2D eigenvalue weighted by Crippen LogP contribution is -2.15. The van der Waals surface area contributed by atoms with Crippen LogP contribution in [0.2, 0.25) is 0 Å². The molecule has 1 aromatic rings. The number of hydrogen-bond donors (Lipinski definition) is 0. The smallest absolute Gasteiger partial charge is 0.338 e. The minimum Gasteiger partial charge on any atom is -0.495 e. The Balaban J connectivity index is 2.47. The van der Waals surface area contributed by atoms with Crippen LogP contribution >= 0.6 is 0 Å². The van der Waals surface area contributed by atoms with Gasteiger partial charge in [-0.3, -0.25) is 4.79 Å². The molecule has 1 aromatic carbocycles. The van der Waals surface area contributed by atoms with E-state index >= 15 is 0 Å². The molecule has 22 heavy (non-hydrogen) atoms. The Morgan fingerprint density at radius 1 is 1.14 bits per heavy atom. The van der Waals surface area contributed by atoms with Crippen molar-refractivity contribution in [2.24, 2.45) is 11.8 Å². The van der Waals surface area contributed by atoms with Crippen molar-refractivity contribution >= 4 is 11.8 Å². The predicted molar refractivity (Wildman–Crippen MR) is 85.8 cm³/mol. The van der Waals surface area contributed by atoms with Crippen molar-refractivity contribution in [3.63, 3.8) is 0 Å². The Hall–Kier alpha value is -2.10. The third kappa shape index (κ3) is 5.72. The van der Waals surface area contributed by atoms with Gasteiger partial charge in [-0.15, -0.1) is 0 Å². The lowest BCUT2D eigenvalue weighted by molar-refractivity contribution is 0.0438. The Kier molecular flexibility index (Phi) is 6.83. The van der Waals surface area contributed by atoms with Gasteiger partial charge >= 0.3 is 5.97 Å². The molecular weight excluding hydrogens is 280 g/mol. The van der Waals surface area contributed by atoms with Crippen molar-refractivity contribution in [3.8, 4) is 0 Å². The molecular formula is C18H24O4. The fourth-order valence-electron chi connectivity index (χ4n) is 1.58. The summed E-state index contributed by atoms with van der Waals surface area (Å²) in [5, 5.41) is 0. The third-order valence-electron chi connectivity index (χ3n) is 3.56. The predicted octanol–water partition coefficient (Wildman–Crippen LogP) is 3.87. The highest BCUT2D eigenvalue weighted by Gasteiger charge is 2.12. The van der Waals surface area contributed by atoms with Gasteiger partial charge in [-0.2, -0.15) is 0 Å². The van der Waals surface area contributed by atoms with Crippen LogP contribution in [-0.2, 0) is 9.47 Å². The minimum absolute atomic E-state index is 0.00788. The SMILES string of the molecule is C=C(COC(=O)c1cccc(C(C)=O)c1)OCC(C)C(C)C. The van der Waals surface area contributed by atoms with Gasteiger partial charge in [-0.1, -0.05) is 39.5 Å². The Morgan fingerprint density at radius 3 is 2.36 bits per heavy atom. The quantitative estimate of drug-likeness (QED) is 0.415. The molecule has 4 nitrogen and oxygen atoms in total. The Morgan fingerprint density at radius 2 is 1.77 bits per heavy atom. The van der Waals surface area contributed by atoms with Crippen molar-refractivity contribution in [1.82, 2.24) is 0 Å². The minimum atomic E-state index is -0.496. The first-order valence-corrected chi connectivity index (χ1v) is 7.40. The fourth-order valence-corrected chi connectivity index (χ4v) is 1.58. The highest BCUT2D eigenvalue weighted by Crippen LogP contribution is 2.12. The second-order valence-electron chi connectivity index (χ2n) is 5.78. The van der Waals surface area contributed by atoms with E-state index in [4.69, 9.17) is 9.47 Å². The first-order valence-electron chi connectivity index (χ1n) is 7.40. The zero-order chi connectivity index (χ0) is 16.7. The average molecular weight is 304 g/mol. The summed E-state index contributed by atoms with van der Waals surface area (Å²) in [4.78, 5) is 23.2. The first-order chi connectivity index (χ1) is 10.3. The lowest BCUT2D eigenvalue weighted by atomic mass is 9.99. The second kappa shape index (κ2) is 8.37. The van der Waals surface area contributed by atoms with E-state index in [1.54, 1.807) is 18.2 Å². The van der Waals surface area contributed by atoms with Crippen LogP contribution in [-0.4, -0.2) is 25.0 Å². The fraction of sp³-hybridized carbons (Fsp3) is 0.444. The van der Waals surface area contributed by atoms with Gasteiger partial charge in [-0.25, -0.2) is 4.79 Å². The molecule has 0 aliphatic rings. The molecule has 0 aliphatic heterocycles. The van der Waals surface area contributed by atoms with Crippen LogP contribution in [0.5, 0.6) is 0 Å². The largest absolute Gasteiger partial charge is 0.495 e. The van der Waals surface area contributed by atoms with Crippen LogP contribution in [0.1, 0.15) is 48.4 Å². The van der Waals surface area contributed by atoms with E-state index in [0.29, 0.717) is 35.3 Å². The van der Waals surface area contributed by atoms with Crippen molar-refractivity contribution in [2.45, 2.75) is 27.7 Å². The van der Waals surface area contributed by atoms with Crippen LogP contribution < -0.4 is 0 Å². The van der Waals surface area contributed by atoms with Gasteiger partial charge in [0, 0.05) is 5.56 Å². The number of rotatable bonds is 8. The zero-order valence-electron chi connectivity index (χ0n) is 13.7. The summed E-state index contributed by atoms with van der Waals surface area (Å²) < 4.78 is 10.6. The van der Waals surface area contributed by atoms with Gasteiger partial charge in [0.1, 0.15) is 12.4 Å². The highest BCUT2D eigenvalue weighted by molar-refractivity contribution is 5.97. The van der Waals surface area contributed by atoms with Crippen LogP contribution in [0.3, 0.4) is 0 Å². The Labute approximate surface area is 132 Å². The number of carbonyl (C=O) groups excluding carboxylic acids is 2. The molecule has 0 amide bonds. The van der Waals surface area contributed by atoms with Crippen LogP contribution in [0.4, 0.5) is 0 Å². The molecule has 4 heteroatoms. The van der Waals surface area contributed by atoms with Gasteiger partial charge in [0.05, 0.1) is 12.2 Å². The molecule has 120 valence electrons. The molecule has 0 aliphatic carbocycles. The molecule has 0 aromatic heterocycles. The molecule has 0 bridgehead atoms. The lowest BCUT2D eigenvalue weighted by Gasteiger charge is -2.17. The van der Waals surface area contributed by atoms with Crippen LogP contribution in [0.15, 0.2) is 36.6 Å². The monoisotopic (exact) mass is 304 g/mol. The number of esters is 1. The van der Waals surface area contributed by atoms with E-state index in [9.17, 15) is 9.59 Å². The average Bonchev–Trinajstić information content (AvgIpc) is 2.50. The van der Waals surface area contributed by atoms with Crippen molar-refractivity contribution in [3.05, 3.63) is 47.7 Å². The maximum Gasteiger partial charge on any atom is 0.338 e. The highest BCUT2D eigenvalue weighted by atomic mass is 16.6. The van der Waals surface area contributed by atoms with Crippen LogP contribution in [0, 0.1) is 11.8 Å². The van der Waals surface area contributed by atoms with E-state index in [1.165, 1.54) is 13.0 Å². The molecule has 0 saturated heterocycles. The molecule has 0 fully saturated rings. The maximum atomic E-state index is 11.9. The summed E-state index contributed by atoms with van der Waals surface area (Å²) in [5.74, 6) is 0.753. The maximum absolute atomic E-state index is 11.9. The van der Waals surface area contributed by atoms with Gasteiger partial charge in [-0.05, 0) is 30.9 Å². The third-order valence-corrected chi connectivity index (χ3v) is 3.56. The molecule has 0 spiro atoms. The molecule has 1 rings (SSSR count). The summed E-state index contributed by atoms with van der Waals surface area (Å²) in [6.45, 7) is 12.1. The van der Waals surface area contributed by atoms with Crippen molar-refractivity contribution < 1.29 is 19.1 Å². The van der Waals surface area contributed by atoms with E-state index in [0.717, 1.165) is 0 Å². The number of ether oxygens (including phenoxy) is 2. The summed E-state index contributed by atoms with van der Waals surface area (Å²) in [6, 6.07) is 6.45. The van der Waals surface area contributed by atoms with Gasteiger partial charge in [0.15, 0.2) is 5.78 Å².